The third kappa shape index (κ3) is 34.5. The maximum absolute atomic E-state index is 12.6. The molecule has 0 saturated carbocycles. The van der Waals surface area contributed by atoms with Crippen molar-refractivity contribution in [1.82, 2.24) is 0 Å². The first-order valence-electron chi connectivity index (χ1n) is 18.1. The summed E-state index contributed by atoms with van der Waals surface area (Å²) in [6.45, 7) is 16.0. The second-order valence-corrected chi connectivity index (χ2v) is 27.0. The second kappa shape index (κ2) is 26.7. The zero-order valence-electron chi connectivity index (χ0n) is 33.4. The van der Waals surface area contributed by atoms with Crippen molar-refractivity contribution in [2.75, 3.05) is 72.5 Å². The summed E-state index contributed by atoms with van der Waals surface area (Å²) in [5.41, 5.74) is -1.05. The van der Waals surface area contributed by atoms with Crippen molar-refractivity contribution in [3.63, 3.8) is 0 Å². The summed E-state index contributed by atoms with van der Waals surface area (Å²) in [7, 11) is -11.7. The van der Waals surface area contributed by atoms with Crippen LogP contribution in [0.25, 0.3) is 0 Å². The third-order valence-corrected chi connectivity index (χ3v) is 16.9. The Hall–Kier alpha value is 1.61. The van der Waals surface area contributed by atoms with E-state index < -0.39 is 68.6 Å². The second-order valence-electron chi connectivity index (χ2n) is 16.6. The summed E-state index contributed by atoms with van der Waals surface area (Å²) in [6.07, 6.45) is 4.45. The molecule has 22 heteroatoms. The summed E-state index contributed by atoms with van der Waals surface area (Å²) >= 11 is -4.61. The first kappa shape index (κ1) is 55.6. The van der Waals surface area contributed by atoms with E-state index in [9.17, 15) is 31.9 Å². The Balaban J connectivity index is 4.20. The minimum atomic E-state index is -4.51. The van der Waals surface area contributed by atoms with Gasteiger partial charge in [-0.15, -0.1) is 0 Å². The molecule has 0 aromatic rings. The lowest BCUT2D eigenvalue weighted by Crippen LogP contribution is -2.26. The summed E-state index contributed by atoms with van der Waals surface area (Å²) < 4.78 is 104. The minimum Gasteiger partial charge on any atom is -0.616 e. The van der Waals surface area contributed by atoms with E-state index in [-0.39, 0.29) is 48.1 Å². The Morgan fingerprint density at radius 2 is 0.667 bits per heavy atom. The van der Waals surface area contributed by atoms with Crippen LogP contribution < -0.4 is 0 Å². The van der Waals surface area contributed by atoms with Crippen molar-refractivity contribution in [3.8, 4) is 0 Å². The molecule has 326 valence electrons. The molecule has 0 bridgehead atoms. The van der Waals surface area contributed by atoms with Crippen LogP contribution in [0.15, 0.2) is 0 Å². The molecule has 54 heavy (non-hydrogen) atoms. The van der Waals surface area contributed by atoms with Crippen molar-refractivity contribution in [1.29, 1.82) is 0 Å². The van der Waals surface area contributed by atoms with Gasteiger partial charge in [0.25, 0.3) is 0 Å². The van der Waals surface area contributed by atoms with Crippen LogP contribution in [-0.2, 0) is 76.5 Å². The molecule has 0 fully saturated rings. The third-order valence-electron chi connectivity index (χ3n) is 9.18. The van der Waals surface area contributed by atoms with Gasteiger partial charge in [0.05, 0.1) is 26.4 Å². The first-order valence-corrected chi connectivity index (χ1v) is 28.3. The Morgan fingerprint density at radius 3 is 0.889 bits per heavy atom. The molecule has 0 radical (unpaired) electrons. The Kier molecular flexibility index (Phi) is 27.5. The van der Waals surface area contributed by atoms with Gasteiger partial charge in [-0.2, -0.15) is 0 Å². The summed E-state index contributed by atoms with van der Waals surface area (Å²) in [4.78, 5) is 35.3. The number of hydrogen-bond acceptors (Lipinski definition) is 11. The fourth-order valence-electron chi connectivity index (χ4n) is 4.59. The molecule has 0 aromatic carbocycles. The van der Waals surface area contributed by atoms with Crippen LogP contribution in [0.5, 0.6) is 0 Å². The molecule has 4 N–H and O–H groups in total. The van der Waals surface area contributed by atoms with E-state index in [0.717, 1.165) is 0 Å². The summed E-state index contributed by atoms with van der Waals surface area (Å²) in [5, 5.41) is 0. The molecule has 4 atom stereocenters. The van der Waals surface area contributed by atoms with Crippen molar-refractivity contribution < 1.29 is 69.6 Å². The van der Waals surface area contributed by atoms with Gasteiger partial charge in [-0.05, 0) is 118 Å². The molecule has 0 amide bonds. The van der Waals surface area contributed by atoms with Gasteiger partial charge in [-0.3, -0.25) is 13.6 Å². The smallest absolute Gasteiger partial charge is 0.469 e. The number of hydrogen-bond donors (Lipinski definition) is 4. The van der Waals surface area contributed by atoms with E-state index in [2.05, 4.69) is 9.05 Å². The van der Waals surface area contributed by atoms with Gasteiger partial charge in [0.2, 0.25) is 0 Å². The monoisotopic (exact) mass is 914 g/mol. The molecule has 0 rings (SSSR count). The van der Waals surface area contributed by atoms with Crippen LogP contribution in [0, 0.1) is 21.7 Å². The zero-order chi connectivity index (χ0) is 41.9. The lowest BCUT2D eigenvalue weighted by atomic mass is 9.87. The van der Waals surface area contributed by atoms with E-state index >= 15 is 0 Å². The number of rotatable bonds is 34. The Labute approximate surface area is 337 Å². The van der Waals surface area contributed by atoms with Gasteiger partial charge < -0.3 is 46.8 Å². The minimum absolute atomic E-state index is 0.0892. The highest BCUT2D eigenvalue weighted by Gasteiger charge is 2.27. The molecule has 0 aliphatic rings. The zero-order valence-corrected chi connectivity index (χ0v) is 39.5. The molecule has 0 aromatic heterocycles. The topological polar surface area (TPSA) is 261 Å². The van der Waals surface area contributed by atoms with Crippen LogP contribution in [-0.4, -0.2) is 110 Å². The van der Waals surface area contributed by atoms with E-state index in [1.165, 1.54) is 0 Å². The molecule has 0 spiro atoms. The molecule has 4 unspecified atom stereocenters. The number of phosphoric acid groups is 2. The molecule has 15 nitrogen and oxygen atoms in total. The van der Waals surface area contributed by atoms with Crippen LogP contribution in [0.3, 0.4) is 0 Å². The first-order chi connectivity index (χ1) is 24.5. The maximum Gasteiger partial charge on any atom is 0.469 e. The maximum atomic E-state index is 12.6. The van der Waals surface area contributed by atoms with Crippen molar-refractivity contribution >= 4 is 68.6 Å². The fourth-order valence-corrected chi connectivity index (χ4v) is 12.8. The van der Waals surface area contributed by atoms with Crippen molar-refractivity contribution in [2.24, 2.45) is 21.7 Å². The molecular formula is C32H69O15P3S4. The van der Waals surface area contributed by atoms with E-state index in [0.29, 0.717) is 97.4 Å². The van der Waals surface area contributed by atoms with Gasteiger partial charge in [0.15, 0.2) is 0 Å². The van der Waals surface area contributed by atoms with Crippen molar-refractivity contribution in [3.05, 3.63) is 0 Å². The predicted octanol–water partition coefficient (Wildman–Crippen LogP) is 5.85. The summed E-state index contributed by atoms with van der Waals surface area (Å²) in [6, 6.07) is 0. The molecule has 0 heterocycles. The molecule has 0 aliphatic carbocycles. The Bertz CT molecular complexity index is 1060. The average molecular weight is 915 g/mol. The molecular weight excluding hydrogens is 846 g/mol. The van der Waals surface area contributed by atoms with Gasteiger partial charge in [-0.25, -0.2) is 9.13 Å². The molecule has 0 saturated heterocycles. The van der Waals surface area contributed by atoms with Gasteiger partial charge in [0.1, 0.15) is 46.0 Å². The van der Waals surface area contributed by atoms with E-state index in [1.807, 2.05) is 55.4 Å². The normalized spacial score (nSPS) is 16.7. The van der Waals surface area contributed by atoms with Crippen LogP contribution in [0.1, 0.15) is 107 Å². The van der Waals surface area contributed by atoms with Gasteiger partial charge >= 0.3 is 23.9 Å². The fraction of sp³-hybridized carbons (Fsp3) is 1.00. The Morgan fingerprint density at radius 1 is 0.444 bits per heavy atom. The van der Waals surface area contributed by atoms with Gasteiger partial charge in [0, 0.05) is 0 Å². The highest BCUT2D eigenvalue weighted by Crippen LogP contribution is 2.39. The largest absolute Gasteiger partial charge is 0.616 e. The molecule has 0 aliphatic heterocycles. The van der Waals surface area contributed by atoms with Crippen LogP contribution in [0.2, 0.25) is 0 Å². The van der Waals surface area contributed by atoms with E-state index in [4.69, 9.17) is 28.6 Å². The summed E-state index contributed by atoms with van der Waals surface area (Å²) in [5.74, 6) is 2.96. The van der Waals surface area contributed by atoms with Crippen molar-refractivity contribution in [2.45, 2.75) is 107 Å². The SMILES string of the molecule is CC(C)(CCO[PH](=O)OCCC(C)(C)CC[S+]([O-])CC[S+]([O-])CCC(C)(C)CCOP(=O)(O)O)CC[S+]([O-])CC[S+]([O-])CCC(C)(C)CCOP(=O)(O)O. The van der Waals surface area contributed by atoms with Crippen LogP contribution in [0.4, 0.5) is 0 Å². The van der Waals surface area contributed by atoms with Gasteiger partial charge in [-0.1, -0.05) is 55.4 Å². The van der Waals surface area contributed by atoms with E-state index in [1.54, 1.807) is 0 Å². The highest BCUT2D eigenvalue weighted by atomic mass is 32.2. The van der Waals surface area contributed by atoms with Crippen LogP contribution >= 0.6 is 23.9 Å². The lowest BCUT2D eigenvalue weighted by molar-refractivity contribution is 0.163. The quantitative estimate of drug-likeness (QED) is 0.0436. The highest BCUT2D eigenvalue weighted by molar-refractivity contribution is 7.95. The predicted molar refractivity (Wildman–Crippen MR) is 220 cm³/mol. The average Bonchev–Trinajstić information content (AvgIpc) is 3.01. The number of phosphoric ester groups is 2. The lowest BCUT2D eigenvalue weighted by Gasteiger charge is -2.26. The standard InChI is InChI=1S/C32H69O15P3S4/c1-29(2,13-21-51(40)25-27-53(42)23-15-31(5,6)11-19-46-49(34,35)36)9-17-44-48(33)45-18-10-30(3,4)14-22-52(41)26-28-54(43)24-16-32(7,8)12-20-47-50(37,38)39/h48H,9-28H2,1-8H3,(H2,34,35,36)(H2,37,38,39).